The van der Waals surface area contributed by atoms with Gasteiger partial charge >= 0.3 is 0 Å². The average molecular weight is 211 g/mol. The molecule has 1 heteroatoms. The predicted octanol–water partition coefficient (Wildman–Crippen LogP) is 4.35. The van der Waals surface area contributed by atoms with Gasteiger partial charge in [0.2, 0.25) is 0 Å². The van der Waals surface area contributed by atoms with Crippen molar-refractivity contribution in [2.75, 3.05) is 6.54 Å². The van der Waals surface area contributed by atoms with E-state index in [-0.39, 0.29) is 0 Å². The second-order valence-electron chi connectivity index (χ2n) is 5.80. The van der Waals surface area contributed by atoms with E-state index >= 15 is 0 Å². The minimum atomic E-state index is 0.390. The van der Waals surface area contributed by atoms with Gasteiger partial charge in [0.15, 0.2) is 0 Å². The quantitative estimate of drug-likeness (QED) is 0.629. The maximum atomic E-state index is 4.03. The highest BCUT2D eigenvalue weighted by atomic mass is 14.9. The standard InChI is InChI=1S/C14H29N/c1-7-8-13(4)15-11-14(5,6)10-9-12(2)3/h12,15H,4,7-11H2,1-3,5-6H3. The summed E-state index contributed by atoms with van der Waals surface area (Å²) in [5.74, 6) is 0.808. The highest BCUT2D eigenvalue weighted by Gasteiger charge is 2.17. The van der Waals surface area contributed by atoms with Crippen molar-refractivity contribution in [3.8, 4) is 0 Å². The van der Waals surface area contributed by atoms with Crippen molar-refractivity contribution < 1.29 is 0 Å². The number of allylic oxidation sites excluding steroid dienone is 1. The third kappa shape index (κ3) is 8.53. The van der Waals surface area contributed by atoms with E-state index in [9.17, 15) is 0 Å². The Morgan fingerprint density at radius 3 is 2.40 bits per heavy atom. The Balaban J connectivity index is 3.77. The van der Waals surface area contributed by atoms with Crippen LogP contribution < -0.4 is 5.32 Å². The zero-order valence-electron chi connectivity index (χ0n) is 11.3. The van der Waals surface area contributed by atoms with Gasteiger partial charge in [-0.3, -0.25) is 0 Å². The molecule has 1 nitrogen and oxygen atoms in total. The van der Waals surface area contributed by atoms with Crippen LogP contribution in [-0.2, 0) is 0 Å². The molecule has 15 heavy (non-hydrogen) atoms. The van der Waals surface area contributed by atoms with E-state index in [1.165, 1.54) is 25.0 Å². The van der Waals surface area contributed by atoms with Crippen LogP contribution in [0.1, 0.15) is 60.3 Å². The smallest absolute Gasteiger partial charge is 0.0195 e. The lowest BCUT2D eigenvalue weighted by Crippen LogP contribution is -2.29. The molecule has 0 aromatic carbocycles. The van der Waals surface area contributed by atoms with Crippen molar-refractivity contribution in [2.45, 2.75) is 60.3 Å². The van der Waals surface area contributed by atoms with E-state index < -0.39 is 0 Å². The van der Waals surface area contributed by atoms with Crippen molar-refractivity contribution in [1.82, 2.24) is 5.32 Å². The summed E-state index contributed by atoms with van der Waals surface area (Å²) in [5, 5.41) is 3.45. The minimum Gasteiger partial charge on any atom is -0.388 e. The highest BCUT2D eigenvalue weighted by Crippen LogP contribution is 2.24. The van der Waals surface area contributed by atoms with Crippen LogP contribution in [0.15, 0.2) is 12.3 Å². The van der Waals surface area contributed by atoms with Crippen LogP contribution >= 0.6 is 0 Å². The molecule has 0 saturated heterocycles. The van der Waals surface area contributed by atoms with Gasteiger partial charge in [0, 0.05) is 12.2 Å². The molecule has 0 rings (SSSR count). The molecule has 0 bridgehead atoms. The maximum Gasteiger partial charge on any atom is 0.0195 e. The molecule has 0 aliphatic heterocycles. The van der Waals surface area contributed by atoms with Crippen molar-refractivity contribution in [1.29, 1.82) is 0 Å². The fraction of sp³-hybridized carbons (Fsp3) is 0.857. The fourth-order valence-electron chi connectivity index (χ4n) is 1.52. The first-order valence-electron chi connectivity index (χ1n) is 6.29. The van der Waals surface area contributed by atoms with E-state index in [1.54, 1.807) is 0 Å². The molecule has 0 aliphatic rings. The molecular weight excluding hydrogens is 182 g/mol. The van der Waals surface area contributed by atoms with Gasteiger partial charge < -0.3 is 5.32 Å². The Labute approximate surface area is 96.3 Å². The molecular formula is C14H29N. The van der Waals surface area contributed by atoms with E-state index in [1.807, 2.05) is 0 Å². The van der Waals surface area contributed by atoms with Crippen molar-refractivity contribution in [3.63, 3.8) is 0 Å². The number of hydrogen-bond donors (Lipinski definition) is 1. The number of rotatable bonds is 8. The lowest BCUT2D eigenvalue weighted by atomic mass is 9.85. The Morgan fingerprint density at radius 1 is 1.33 bits per heavy atom. The van der Waals surface area contributed by atoms with Crippen LogP contribution in [0.25, 0.3) is 0 Å². The van der Waals surface area contributed by atoms with E-state index in [0.29, 0.717) is 5.41 Å². The van der Waals surface area contributed by atoms with Gasteiger partial charge in [0.05, 0.1) is 0 Å². The Kier molecular flexibility index (Phi) is 6.71. The van der Waals surface area contributed by atoms with E-state index in [0.717, 1.165) is 18.9 Å². The predicted molar refractivity (Wildman–Crippen MR) is 69.9 cm³/mol. The third-order valence-electron chi connectivity index (χ3n) is 2.77. The molecule has 0 aromatic rings. The first-order chi connectivity index (χ1) is 6.87. The Morgan fingerprint density at radius 2 is 1.93 bits per heavy atom. The monoisotopic (exact) mass is 211 g/mol. The topological polar surface area (TPSA) is 12.0 Å². The second-order valence-corrected chi connectivity index (χ2v) is 5.80. The fourth-order valence-corrected chi connectivity index (χ4v) is 1.52. The molecule has 0 saturated carbocycles. The van der Waals surface area contributed by atoms with Gasteiger partial charge in [0.25, 0.3) is 0 Å². The Hall–Kier alpha value is -0.460. The van der Waals surface area contributed by atoms with Crippen LogP contribution in [-0.4, -0.2) is 6.54 Å². The SMILES string of the molecule is C=C(CCC)NCC(C)(C)CCC(C)C. The summed E-state index contributed by atoms with van der Waals surface area (Å²) in [6.07, 6.45) is 4.88. The third-order valence-corrected chi connectivity index (χ3v) is 2.77. The average Bonchev–Trinajstić information content (AvgIpc) is 2.13. The lowest BCUT2D eigenvalue weighted by Gasteiger charge is -2.27. The largest absolute Gasteiger partial charge is 0.388 e. The number of nitrogens with one attached hydrogen (secondary N) is 1. The molecule has 0 aliphatic carbocycles. The summed E-state index contributed by atoms with van der Waals surface area (Å²) >= 11 is 0. The van der Waals surface area contributed by atoms with Crippen LogP contribution in [0.2, 0.25) is 0 Å². The zero-order valence-corrected chi connectivity index (χ0v) is 11.3. The lowest BCUT2D eigenvalue weighted by molar-refractivity contribution is 0.296. The van der Waals surface area contributed by atoms with Gasteiger partial charge in [-0.2, -0.15) is 0 Å². The van der Waals surface area contributed by atoms with Crippen LogP contribution in [0.3, 0.4) is 0 Å². The van der Waals surface area contributed by atoms with E-state index in [4.69, 9.17) is 0 Å². The second kappa shape index (κ2) is 6.92. The maximum absolute atomic E-state index is 4.03. The summed E-state index contributed by atoms with van der Waals surface area (Å²) in [7, 11) is 0. The molecule has 0 unspecified atom stereocenters. The summed E-state index contributed by atoms with van der Waals surface area (Å²) in [5.41, 5.74) is 1.58. The minimum absolute atomic E-state index is 0.390. The summed E-state index contributed by atoms with van der Waals surface area (Å²) in [6.45, 7) is 16.5. The zero-order chi connectivity index (χ0) is 11.9. The molecule has 0 spiro atoms. The van der Waals surface area contributed by atoms with Gasteiger partial charge in [-0.25, -0.2) is 0 Å². The molecule has 0 atom stereocenters. The molecule has 0 fully saturated rings. The molecule has 90 valence electrons. The van der Waals surface area contributed by atoms with Crippen LogP contribution in [0.5, 0.6) is 0 Å². The highest BCUT2D eigenvalue weighted by molar-refractivity contribution is 4.92. The van der Waals surface area contributed by atoms with Gasteiger partial charge in [-0.1, -0.05) is 54.0 Å². The Bertz CT molecular complexity index is 180. The van der Waals surface area contributed by atoms with Crippen LogP contribution in [0.4, 0.5) is 0 Å². The molecule has 0 amide bonds. The van der Waals surface area contributed by atoms with Crippen molar-refractivity contribution in [3.05, 3.63) is 12.3 Å². The first kappa shape index (κ1) is 14.5. The number of hydrogen-bond acceptors (Lipinski definition) is 1. The van der Waals surface area contributed by atoms with Crippen LogP contribution in [0, 0.1) is 11.3 Å². The van der Waals surface area contributed by atoms with Gasteiger partial charge in [-0.15, -0.1) is 0 Å². The summed E-state index contributed by atoms with van der Waals surface area (Å²) in [6, 6.07) is 0. The van der Waals surface area contributed by atoms with Gasteiger partial charge in [-0.05, 0) is 24.2 Å². The molecule has 0 heterocycles. The van der Waals surface area contributed by atoms with Gasteiger partial charge in [0.1, 0.15) is 0 Å². The molecule has 0 radical (unpaired) electrons. The summed E-state index contributed by atoms with van der Waals surface area (Å²) < 4.78 is 0. The normalized spacial score (nSPS) is 11.9. The van der Waals surface area contributed by atoms with Crippen molar-refractivity contribution in [2.24, 2.45) is 11.3 Å². The van der Waals surface area contributed by atoms with Crippen molar-refractivity contribution >= 4 is 0 Å². The molecule has 0 aromatic heterocycles. The van der Waals surface area contributed by atoms with E-state index in [2.05, 4.69) is 46.5 Å². The summed E-state index contributed by atoms with van der Waals surface area (Å²) in [4.78, 5) is 0. The molecule has 1 N–H and O–H groups in total. The first-order valence-corrected chi connectivity index (χ1v) is 6.29.